The van der Waals surface area contributed by atoms with Crippen LogP contribution in [0.25, 0.3) is 11.5 Å². The molecule has 0 saturated carbocycles. The molecule has 1 aliphatic rings. The van der Waals surface area contributed by atoms with Crippen LogP contribution in [-0.2, 0) is 11.2 Å². The molecule has 2 aromatic carbocycles. The summed E-state index contributed by atoms with van der Waals surface area (Å²) in [5.41, 5.74) is 2.49. The van der Waals surface area contributed by atoms with Crippen LogP contribution in [0, 0.1) is 10.1 Å². The van der Waals surface area contributed by atoms with Gasteiger partial charge in [0.25, 0.3) is 5.69 Å². The van der Waals surface area contributed by atoms with Crippen molar-refractivity contribution in [2.24, 2.45) is 0 Å². The lowest BCUT2D eigenvalue weighted by molar-refractivity contribution is -0.384. The molecule has 4 rings (SSSR count). The second kappa shape index (κ2) is 8.14. The van der Waals surface area contributed by atoms with Crippen LogP contribution in [0.3, 0.4) is 0 Å². The molecule has 0 unspecified atom stereocenters. The maximum Gasteiger partial charge on any atom is 0.269 e. The number of non-ortho nitro benzene ring substituents is 1. The van der Waals surface area contributed by atoms with E-state index >= 15 is 0 Å². The molecular weight excluding hydrogens is 372 g/mol. The molecule has 0 aliphatic carbocycles. The van der Waals surface area contributed by atoms with Crippen molar-refractivity contribution in [3.05, 3.63) is 76.7 Å². The van der Waals surface area contributed by atoms with E-state index in [9.17, 15) is 14.9 Å². The summed E-state index contributed by atoms with van der Waals surface area (Å²) in [7, 11) is 0. The zero-order chi connectivity index (χ0) is 20.2. The lowest BCUT2D eigenvalue weighted by atomic mass is 10.2. The van der Waals surface area contributed by atoms with Gasteiger partial charge in [-0.05, 0) is 24.3 Å². The summed E-state index contributed by atoms with van der Waals surface area (Å²) in [6.07, 6.45) is 1.74. The molecule has 1 fully saturated rings. The van der Waals surface area contributed by atoms with E-state index in [-0.39, 0.29) is 18.0 Å². The van der Waals surface area contributed by atoms with Crippen LogP contribution < -0.4 is 4.90 Å². The lowest BCUT2D eigenvalue weighted by Crippen LogP contribution is -2.49. The van der Waals surface area contributed by atoms with E-state index in [0.717, 1.165) is 11.3 Å². The highest BCUT2D eigenvalue weighted by atomic mass is 16.6. The fourth-order valence-electron chi connectivity index (χ4n) is 3.37. The summed E-state index contributed by atoms with van der Waals surface area (Å²) in [4.78, 5) is 31.4. The lowest BCUT2D eigenvalue weighted by Gasteiger charge is -2.36. The highest BCUT2D eigenvalue weighted by Crippen LogP contribution is 2.21. The summed E-state index contributed by atoms with van der Waals surface area (Å²) < 4.78 is 5.50. The van der Waals surface area contributed by atoms with Gasteiger partial charge in [0, 0.05) is 49.6 Å². The Morgan fingerprint density at radius 2 is 1.72 bits per heavy atom. The number of carbonyl (C=O) groups excluding carboxylic acids is 1. The van der Waals surface area contributed by atoms with Crippen molar-refractivity contribution in [3.8, 4) is 11.5 Å². The van der Waals surface area contributed by atoms with E-state index in [2.05, 4.69) is 9.88 Å². The van der Waals surface area contributed by atoms with Gasteiger partial charge in [0.05, 0.1) is 17.0 Å². The minimum atomic E-state index is -0.409. The van der Waals surface area contributed by atoms with Gasteiger partial charge in [0.2, 0.25) is 11.8 Å². The van der Waals surface area contributed by atoms with E-state index in [1.54, 1.807) is 12.1 Å². The summed E-state index contributed by atoms with van der Waals surface area (Å²) in [5, 5.41) is 10.8. The number of hydrogen-bond donors (Lipinski definition) is 0. The zero-order valence-electron chi connectivity index (χ0n) is 15.7. The molecule has 29 heavy (non-hydrogen) atoms. The largest absolute Gasteiger partial charge is 0.444 e. The first-order valence-corrected chi connectivity index (χ1v) is 9.37. The van der Waals surface area contributed by atoms with Gasteiger partial charge in [0.15, 0.2) is 0 Å². The van der Waals surface area contributed by atoms with E-state index in [0.29, 0.717) is 37.8 Å². The van der Waals surface area contributed by atoms with Crippen molar-refractivity contribution in [1.29, 1.82) is 0 Å². The minimum Gasteiger partial charge on any atom is -0.444 e. The van der Waals surface area contributed by atoms with Crippen LogP contribution in [0.2, 0.25) is 0 Å². The Hall–Kier alpha value is -3.68. The molecule has 1 aromatic heterocycles. The molecule has 1 aliphatic heterocycles. The van der Waals surface area contributed by atoms with Crippen LogP contribution in [0.15, 0.2) is 65.3 Å². The van der Waals surface area contributed by atoms with Crippen LogP contribution in [-0.4, -0.2) is 46.9 Å². The number of benzene rings is 2. The van der Waals surface area contributed by atoms with E-state index in [1.165, 1.54) is 18.4 Å². The molecule has 0 radical (unpaired) electrons. The number of nitro benzene ring substituents is 1. The van der Waals surface area contributed by atoms with Gasteiger partial charge >= 0.3 is 0 Å². The summed E-state index contributed by atoms with van der Waals surface area (Å²) in [6.45, 7) is 2.55. The van der Waals surface area contributed by atoms with Gasteiger partial charge in [-0.1, -0.05) is 18.2 Å². The molecule has 0 N–H and O–H groups in total. The van der Waals surface area contributed by atoms with Gasteiger partial charge in [-0.3, -0.25) is 14.9 Å². The maximum absolute atomic E-state index is 12.6. The number of amides is 1. The highest BCUT2D eigenvalue weighted by Gasteiger charge is 2.22. The number of nitrogens with zero attached hydrogens (tertiary/aromatic N) is 4. The first-order chi connectivity index (χ1) is 14.1. The predicted molar refractivity (Wildman–Crippen MR) is 108 cm³/mol. The third-order valence-electron chi connectivity index (χ3n) is 4.96. The van der Waals surface area contributed by atoms with Gasteiger partial charge in [-0.2, -0.15) is 0 Å². The average molecular weight is 392 g/mol. The molecule has 0 atom stereocenters. The van der Waals surface area contributed by atoms with Crippen LogP contribution >= 0.6 is 0 Å². The third-order valence-corrected chi connectivity index (χ3v) is 4.96. The highest BCUT2D eigenvalue weighted by molar-refractivity contribution is 5.78. The molecular formula is C21H20N4O4. The molecule has 8 heteroatoms. The van der Waals surface area contributed by atoms with E-state index < -0.39 is 4.92 Å². The van der Waals surface area contributed by atoms with E-state index in [1.807, 2.05) is 35.2 Å². The van der Waals surface area contributed by atoms with Crippen molar-refractivity contribution in [3.63, 3.8) is 0 Å². The van der Waals surface area contributed by atoms with Gasteiger partial charge in [-0.25, -0.2) is 4.98 Å². The maximum atomic E-state index is 12.6. The van der Waals surface area contributed by atoms with Gasteiger partial charge < -0.3 is 14.2 Å². The smallest absolute Gasteiger partial charge is 0.269 e. The normalized spacial score (nSPS) is 14.1. The fourth-order valence-corrected chi connectivity index (χ4v) is 3.37. The Balaban J connectivity index is 1.32. The number of carbonyl (C=O) groups is 1. The Morgan fingerprint density at radius 3 is 2.38 bits per heavy atom. The third kappa shape index (κ3) is 4.26. The number of oxazole rings is 1. The standard InChI is InChI=1S/C21H20N4O4/c26-20(14-17-15-29-21(22-17)16-4-2-1-3-5-16)24-12-10-23(11-13-24)18-6-8-19(9-7-18)25(27)28/h1-9,15H,10-14H2. The summed E-state index contributed by atoms with van der Waals surface area (Å²) in [5.74, 6) is 0.526. The minimum absolute atomic E-state index is 0.0151. The molecule has 3 aromatic rings. The molecule has 1 amide bonds. The Bertz CT molecular complexity index is 993. The quantitative estimate of drug-likeness (QED) is 0.489. The first kappa shape index (κ1) is 18.7. The van der Waals surface area contributed by atoms with Crippen molar-refractivity contribution >= 4 is 17.3 Å². The fraction of sp³-hybridized carbons (Fsp3) is 0.238. The number of rotatable bonds is 5. The van der Waals surface area contributed by atoms with Crippen molar-refractivity contribution in [2.75, 3.05) is 31.1 Å². The van der Waals surface area contributed by atoms with Crippen LogP contribution in [0.4, 0.5) is 11.4 Å². The second-order valence-electron chi connectivity index (χ2n) is 6.83. The number of anilines is 1. The van der Waals surface area contributed by atoms with Gasteiger partial charge in [0.1, 0.15) is 6.26 Å². The van der Waals surface area contributed by atoms with Crippen molar-refractivity contribution < 1.29 is 14.1 Å². The summed E-state index contributed by atoms with van der Waals surface area (Å²) >= 11 is 0. The Kier molecular flexibility index (Phi) is 5.24. The second-order valence-corrected chi connectivity index (χ2v) is 6.83. The number of piperazine rings is 1. The zero-order valence-corrected chi connectivity index (χ0v) is 15.7. The SMILES string of the molecule is O=C(Cc1coc(-c2ccccc2)n1)N1CCN(c2ccc([N+](=O)[O-])cc2)CC1. The van der Waals surface area contributed by atoms with Crippen LogP contribution in [0.5, 0.6) is 0 Å². The first-order valence-electron chi connectivity index (χ1n) is 9.37. The molecule has 148 valence electrons. The molecule has 8 nitrogen and oxygen atoms in total. The van der Waals surface area contributed by atoms with Crippen LogP contribution in [0.1, 0.15) is 5.69 Å². The van der Waals surface area contributed by atoms with Gasteiger partial charge in [-0.15, -0.1) is 0 Å². The average Bonchev–Trinajstić information content (AvgIpc) is 3.23. The Morgan fingerprint density at radius 1 is 1.03 bits per heavy atom. The number of hydrogen-bond acceptors (Lipinski definition) is 6. The molecule has 0 bridgehead atoms. The van der Waals surface area contributed by atoms with E-state index in [4.69, 9.17) is 4.42 Å². The number of nitro groups is 1. The number of aromatic nitrogens is 1. The van der Waals surface area contributed by atoms with Crippen molar-refractivity contribution in [2.45, 2.75) is 6.42 Å². The predicted octanol–water partition coefficient (Wildman–Crippen LogP) is 3.14. The van der Waals surface area contributed by atoms with Crippen molar-refractivity contribution in [1.82, 2.24) is 9.88 Å². The monoisotopic (exact) mass is 392 g/mol. The summed E-state index contributed by atoms with van der Waals surface area (Å²) in [6, 6.07) is 16.1. The molecule has 1 saturated heterocycles. The topological polar surface area (TPSA) is 92.7 Å². The molecule has 2 heterocycles. The Labute approximate surface area is 167 Å². The molecule has 0 spiro atoms.